The van der Waals surface area contributed by atoms with Crippen LogP contribution in [0.5, 0.6) is 0 Å². The summed E-state index contributed by atoms with van der Waals surface area (Å²) < 4.78 is 0.852. The van der Waals surface area contributed by atoms with Gasteiger partial charge in [-0.3, -0.25) is 0 Å². The fraction of sp³-hybridized carbons (Fsp3) is 0.400. The van der Waals surface area contributed by atoms with E-state index in [2.05, 4.69) is 27.0 Å². The fourth-order valence-corrected chi connectivity index (χ4v) is 1.57. The summed E-state index contributed by atoms with van der Waals surface area (Å²) in [6.45, 7) is 1.96. The summed E-state index contributed by atoms with van der Waals surface area (Å²) in [5.74, 6) is 0.709. The van der Waals surface area contributed by atoms with Crippen LogP contribution in [0.15, 0.2) is 16.7 Å². The Labute approximate surface area is 97.8 Å². The van der Waals surface area contributed by atoms with Gasteiger partial charge >= 0.3 is 0 Å². The largest absolute Gasteiger partial charge is 0.396 e. The van der Waals surface area contributed by atoms with Gasteiger partial charge < -0.3 is 10.6 Å². The second kappa shape index (κ2) is 4.99. The Morgan fingerprint density at radius 2 is 2.40 bits per heavy atom. The number of nitrogen functional groups attached to an aromatic ring is 1. The predicted octanol–water partition coefficient (Wildman–Crippen LogP) is 2.16. The highest BCUT2D eigenvalue weighted by Crippen LogP contribution is 2.24. The van der Waals surface area contributed by atoms with E-state index in [4.69, 9.17) is 11.0 Å². The molecule has 1 rings (SSSR count). The van der Waals surface area contributed by atoms with Crippen molar-refractivity contribution in [3.8, 4) is 6.07 Å². The molecular weight excluding hydrogens is 256 g/mol. The van der Waals surface area contributed by atoms with Crippen LogP contribution in [0.2, 0.25) is 0 Å². The minimum atomic E-state index is 0.103. The van der Waals surface area contributed by atoms with Gasteiger partial charge in [0.25, 0.3) is 0 Å². The quantitative estimate of drug-likeness (QED) is 0.913. The van der Waals surface area contributed by atoms with Crippen molar-refractivity contribution >= 4 is 27.4 Å². The molecule has 5 heteroatoms. The molecule has 0 aromatic carbocycles. The predicted molar refractivity (Wildman–Crippen MR) is 64.4 cm³/mol. The molecule has 0 radical (unpaired) electrons. The van der Waals surface area contributed by atoms with Crippen molar-refractivity contribution < 1.29 is 0 Å². The van der Waals surface area contributed by atoms with Gasteiger partial charge in [-0.2, -0.15) is 5.26 Å². The van der Waals surface area contributed by atoms with Gasteiger partial charge in [-0.25, -0.2) is 4.98 Å². The summed E-state index contributed by atoms with van der Waals surface area (Å²) in [6, 6.07) is 4.04. The number of nitrogens with two attached hydrogens (primary N) is 1. The lowest BCUT2D eigenvalue weighted by Crippen LogP contribution is -2.29. The Hall–Kier alpha value is -1.28. The number of rotatable bonds is 3. The van der Waals surface area contributed by atoms with E-state index in [1.54, 1.807) is 12.3 Å². The zero-order valence-electron chi connectivity index (χ0n) is 8.74. The molecule has 1 heterocycles. The minimum Gasteiger partial charge on any atom is -0.396 e. The monoisotopic (exact) mass is 268 g/mol. The molecule has 0 bridgehead atoms. The Morgan fingerprint density at radius 1 is 1.73 bits per heavy atom. The van der Waals surface area contributed by atoms with Gasteiger partial charge in [0, 0.05) is 23.8 Å². The van der Waals surface area contributed by atoms with Crippen molar-refractivity contribution in [2.75, 3.05) is 17.7 Å². The normalized spacial score (nSPS) is 11.9. The van der Waals surface area contributed by atoms with Crippen molar-refractivity contribution in [3.63, 3.8) is 0 Å². The fourth-order valence-electron chi connectivity index (χ4n) is 1.22. The van der Waals surface area contributed by atoms with Gasteiger partial charge in [-0.1, -0.05) is 0 Å². The molecule has 1 unspecified atom stereocenters. The van der Waals surface area contributed by atoms with Gasteiger partial charge in [0.2, 0.25) is 0 Å². The number of hydrogen-bond acceptors (Lipinski definition) is 4. The number of anilines is 2. The molecule has 0 aliphatic heterocycles. The minimum absolute atomic E-state index is 0.103. The highest BCUT2D eigenvalue weighted by molar-refractivity contribution is 9.10. The first kappa shape index (κ1) is 11.8. The first-order chi connectivity index (χ1) is 7.06. The summed E-state index contributed by atoms with van der Waals surface area (Å²) in [5.41, 5.74) is 6.45. The molecule has 0 spiro atoms. The molecule has 1 aromatic heterocycles. The first-order valence-corrected chi connectivity index (χ1v) is 5.36. The lowest BCUT2D eigenvalue weighted by atomic mass is 10.2. The molecule has 80 valence electrons. The molecule has 15 heavy (non-hydrogen) atoms. The van der Waals surface area contributed by atoms with Gasteiger partial charge in [-0.15, -0.1) is 0 Å². The van der Waals surface area contributed by atoms with Crippen LogP contribution >= 0.6 is 15.9 Å². The van der Waals surface area contributed by atoms with Crippen molar-refractivity contribution in [1.82, 2.24) is 4.98 Å². The molecule has 0 fully saturated rings. The van der Waals surface area contributed by atoms with Gasteiger partial charge in [0.05, 0.1) is 18.2 Å². The Balaban J connectivity index is 2.91. The van der Waals surface area contributed by atoms with Crippen LogP contribution in [-0.4, -0.2) is 18.1 Å². The number of halogens is 1. The second-order valence-corrected chi connectivity index (χ2v) is 4.30. The highest BCUT2D eigenvalue weighted by Gasteiger charge is 2.13. The average molecular weight is 269 g/mol. The first-order valence-electron chi connectivity index (χ1n) is 4.57. The van der Waals surface area contributed by atoms with Crippen molar-refractivity contribution in [1.29, 1.82) is 5.26 Å². The zero-order chi connectivity index (χ0) is 11.4. The van der Waals surface area contributed by atoms with Crippen molar-refractivity contribution in [2.24, 2.45) is 0 Å². The molecule has 0 aliphatic carbocycles. The highest BCUT2D eigenvalue weighted by atomic mass is 79.9. The van der Waals surface area contributed by atoms with E-state index in [0.29, 0.717) is 17.9 Å². The second-order valence-electron chi connectivity index (χ2n) is 3.39. The van der Waals surface area contributed by atoms with Crippen LogP contribution in [0.25, 0.3) is 0 Å². The van der Waals surface area contributed by atoms with E-state index in [1.807, 2.05) is 18.9 Å². The van der Waals surface area contributed by atoms with Crippen LogP contribution in [0, 0.1) is 11.3 Å². The summed E-state index contributed by atoms with van der Waals surface area (Å²) >= 11 is 3.30. The number of nitrogens with zero attached hydrogens (tertiary/aromatic N) is 3. The van der Waals surface area contributed by atoms with Crippen molar-refractivity contribution in [2.45, 2.75) is 19.4 Å². The van der Waals surface area contributed by atoms with Gasteiger partial charge in [0.1, 0.15) is 0 Å². The number of aromatic nitrogens is 1. The zero-order valence-corrected chi connectivity index (χ0v) is 10.3. The van der Waals surface area contributed by atoms with Crippen molar-refractivity contribution in [3.05, 3.63) is 16.7 Å². The number of hydrogen-bond donors (Lipinski definition) is 1. The number of pyridine rings is 1. The Kier molecular flexibility index (Phi) is 3.92. The average Bonchev–Trinajstić information content (AvgIpc) is 2.17. The van der Waals surface area contributed by atoms with Crippen LogP contribution in [-0.2, 0) is 0 Å². The van der Waals surface area contributed by atoms with E-state index in [1.165, 1.54) is 0 Å². The molecule has 4 nitrogen and oxygen atoms in total. The molecule has 0 saturated heterocycles. The van der Waals surface area contributed by atoms with E-state index in [9.17, 15) is 0 Å². The third-order valence-corrected chi connectivity index (χ3v) is 2.68. The Morgan fingerprint density at radius 3 is 2.93 bits per heavy atom. The third kappa shape index (κ3) is 2.83. The molecule has 1 aromatic rings. The lowest BCUT2D eigenvalue weighted by Gasteiger charge is -2.25. The van der Waals surface area contributed by atoms with E-state index >= 15 is 0 Å². The van der Waals surface area contributed by atoms with E-state index in [-0.39, 0.29) is 6.04 Å². The lowest BCUT2D eigenvalue weighted by molar-refractivity contribution is 0.695. The van der Waals surface area contributed by atoms with Gasteiger partial charge in [0.15, 0.2) is 5.82 Å². The standard InChI is InChI=1S/C10H13BrN4/c1-7(3-4-12)15(2)10-9(13)5-8(11)6-14-10/h5-7H,3,13H2,1-2H3. The topological polar surface area (TPSA) is 65.9 Å². The summed E-state index contributed by atoms with van der Waals surface area (Å²) in [6.07, 6.45) is 2.15. The maximum absolute atomic E-state index is 8.61. The van der Waals surface area contributed by atoms with Crippen LogP contribution in [0.1, 0.15) is 13.3 Å². The summed E-state index contributed by atoms with van der Waals surface area (Å²) in [4.78, 5) is 6.13. The SMILES string of the molecule is CC(CC#N)N(C)c1ncc(Br)cc1N. The smallest absolute Gasteiger partial charge is 0.151 e. The maximum Gasteiger partial charge on any atom is 0.151 e. The van der Waals surface area contributed by atoms with Crippen LogP contribution in [0.4, 0.5) is 11.5 Å². The Bertz CT molecular complexity index is 385. The van der Waals surface area contributed by atoms with E-state index < -0.39 is 0 Å². The van der Waals surface area contributed by atoms with Crippen LogP contribution < -0.4 is 10.6 Å². The maximum atomic E-state index is 8.61. The van der Waals surface area contributed by atoms with Gasteiger partial charge in [-0.05, 0) is 28.9 Å². The van der Waals surface area contributed by atoms with Crippen LogP contribution in [0.3, 0.4) is 0 Å². The summed E-state index contributed by atoms with van der Waals surface area (Å²) in [5, 5.41) is 8.61. The molecule has 0 aliphatic rings. The molecule has 0 saturated carbocycles. The molecule has 1 atom stereocenters. The number of nitriles is 1. The molecular formula is C10H13BrN4. The molecule has 2 N–H and O–H groups in total. The summed E-state index contributed by atoms with van der Waals surface area (Å²) in [7, 11) is 1.88. The molecule has 0 amide bonds. The third-order valence-electron chi connectivity index (χ3n) is 2.24. The van der Waals surface area contributed by atoms with E-state index in [0.717, 1.165) is 4.47 Å².